The Balaban J connectivity index is 2.52. The summed E-state index contributed by atoms with van der Waals surface area (Å²) in [5.41, 5.74) is 0.926. The van der Waals surface area contributed by atoms with Crippen LogP contribution in [0.5, 0.6) is 0 Å². The number of benzene rings is 1. The predicted molar refractivity (Wildman–Crippen MR) is 48.8 cm³/mol. The zero-order valence-electron chi connectivity index (χ0n) is 5.93. The standard InChI is InChI=1S/C8H8Cl2N/c9-5-6-11-8-3-1-7(10)2-4-8/h1-4H,5-6H2. The maximum atomic E-state index is 5.68. The van der Waals surface area contributed by atoms with E-state index in [2.05, 4.69) is 5.32 Å². The summed E-state index contributed by atoms with van der Waals surface area (Å²) in [7, 11) is 0. The van der Waals surface area contributed by atoms with Gasteiger partial charge in [0.15, 0.2) is 0 Å². The van der Waals surface area contributed by atoms with Crippen molar-refractivity contribution in [1.29, 1.82) is 0 Å². The maximum absolute atomic E-state index is 5.68. The van der Waals surface area contributed by atoms with Crippen LogP contribution in [0, 0.1) is 0 Å². The molecule has 1 aromatic rings. The van der Waals surface area contributed by atoms with Crippen LogP contribution in [0.1, 0.15) is 0 Å². The van der Waals surface area contributed by atoms with Crippen LogP contribution in [-0.4, -0.2) is 12.4 Å². The summed E-state index contributed by atoms with van der Waals surface area (Å²) in [6, 6.07) is 7.37. The van der Waals surface area contributed by atoms with Gasteiger partial charge in [0.05, 0.1) is 12.2 Å². The molecule has 1 nitrogen and oxygen atoms in total. The lowest BCUT2D eigenvalue weighted by Crippen LogP contribution is -2.00. The van der Waals surface area contributed by atoms with Crippen molar-refractivity contribution < 1.29 is 0 Å². The van der Waals surface area contributed by atoms with Crippen LogP contribution in [0.2, 0.25) is 5.02 Å². The smallest absolute Gasteiger partial charge is 0.0575 e. The first-order valence-electron chi connectivity index (χ1n) is 3.32. The van der Waals surface area contributed by atoms with Crippen molar-refractivity contribution in [2.45, 2.75) is 0 Å². The van der Waals surface area contributed by atoms with Crippen molar-refractivity contribution in [3.8, 4) is 0 Å². The van der Waals surface area contributed by atoms with Crippen LogP contribution in [0.4, 0.5) is 5.69 Å². The van der Waals surface area contributed by atoms with Gasteiger partial charge in [0.2, 0.25) is 0 Å². The monoisotopic (exact) mass is 188 g/mol. The van der Waals surface area contributed by atoms with E-state index in [4.69, 9.17) is 23.2 Å². The Bertz CT molecular complexity index is 208. The minimum Gasteiger partial charge on any atom is -0.284 e. The zero-order chi connectivity index (χ0) is 8.10. The molecule has 0 spiro atoms. The highest BCUT2D eigenvalue weighted by molar-refractivity contribution is 6.30. The fourth-order valence-electron chi connectivity index (χ4n) is 0.718. The molecule has 0 unspecified atom stereocenters. The first-order chi connectivity index (χ1) is 5.33. The molecule has 0 fully saturated rings. The van der Waals surface area contributed by atoms with Gasteiger partial charge >= 0.3 is 0 Å². The molecule has 0 aliphatic carbocycles. The summed E-state index contributed by atoms with van der Waals surface area (Å²) < 4.78 is 0. The average Bonchev–Trinajstić information content (AvgIpc) is 2.04. The number of nitrogens with zero attached hydrogens (tertiary/aromatic N) is 1. The van der Waals surface area contributed by atoms with E-state index in [0.29, 0.717) is 12.4 Å². The van der Waals surface area contributed by atoms with Gasteiger partial charge in [0.1, 0.15) is 0 Å². The van der Waals surface area contributed by atoms with E-state index in [1.54, 1.807) is 0 Å². The third kappa shape index (κ3) is 3.00. The highest BCUT2D eigenvalue weighted by Gasteiger charge is 1.91. The second-order valence-corrected chi connectivity index (χ2v) is 2.86. The van der Waals surface area contributed by atoms with Crippen molar-refractivity contribution in [3.05, 3.63) is 29.3 Å². The van der Waals surface area contributed by atoms with Gasteiger partial charge in [-0.25, -0.2) is 0 Å². The minimum atomic E-state index is 0.558. The zero-order valence-corrected chi connectivity index (χ0v) is 7.44. The number of hydrogen-bond acceptors (Lipinski definition) is 0. The van der Waals surface area contributed by atoms with Crippen LogP contribution in [0.15, 0.2) is 24.3 Å². The largest absolute Gasteiger partial charge is 0.284 e. The summed E-state index contributed by atoms with van der Waals surface area (Å²) in [5, 5.41) is 4.91. The van der Waals surface area contributed by atoms with Gasteiger partial charge < -0.3 is 0 Å². The molecule has 1 aromatic carbocycles. The average molecular weight is 189 g/mol. The van der Waals surface area contributed by atoms with Crippen LogP contribution in [-0.2, 0) is 0 Å². The Morgan fingerprint density at radius 3 is 2.36 bits per heavy atom. The van der Waals surface area contributed by atoms with Crippen LogP contribution in [0.3, 0.4) is 0 Å². The molecule has 0 aliphatic rings. The lowest BCUT2D eigenvalue weighted by molar-refractivity contribution is 0.918. The van der Waals surface area contributed by atoms with Gasteiger partial charge in [0.25, 0.3) is 0 Å². The summed E-state index contributed by atoms with van der Waals surface area (Å²) in [5.74, 6) is 0.558. The van der Waals surface area contributed by atoms with Gasteiger partial charge in [-0.2, -0.15) is 0 Å². The van der Waals surface area contributed by atoms with Gasteiger partial charge in [-0.05, 0) is 24.3 Å². The molecule has 11 heavy (non-hydrogen) atoms. The summed E-state index contributed by atoms with van der Waals surface area (Å²) in [6.45, 7) is 0.656. The minimum absolute atomic E-state index is 0.558. The summed E-state index contributed by atoms with van der Waals surface area (Å²) in [6.07, 6.45) is 0. The Kier molecular flexibility index (Phi) is 3.53. The van der Waals surface area contributed by atoms with Crippen molar-refractivity contribution in [2.75, 3.05) is 12.4 Å². The number of halogens is 2. The third-order valence-corrected chi connectivity index (χ3v) is 1.63. The number of hydrogen-bond donors (Lipinski definition) is 0. The maximum Gasteiger partial charge on any atom is 0.0575 e. The molecule has 0 bridgehead atoms. The second kappa shape index (κ2) is 4.47. The molecule has 0 heterocycles. The molecule has 0 atom stereocenters. The fourth-order valence-corrected chi connectivity index (χ4v) is 0.928. The fraction of sp³-hybridized carbons (Fsp3) is 0.250. The third-order valence-electron chi connectivity index (χ3n) is 1.21. The molecule has 0 aromatic heterocycles. The van der Waals surface area contributed by atoms with E-state index >= 15 is 0 Å². The Morgan fingerprint density at radius 1 is 1.18 bits per heavy atom. The van der Waals surface area contributed by atoms with E-state index in [1.165, 1.54) is 0 Å². The molecule has 59 valence electrons. The normalized spacial score (nSPS) is 9.64. The van der Waals surface area contributed by atoms with Crippen LogP contribution >= 0.6 is 23.2 Å². The van der Waals surface area contributed by atoms with Crippen molar-refractivity contribution >= 4 is 28.9 Å². The molecule has 1 rings (SSSR count). The number of alkyl halides is 1. The van der Waals surface area contributed by atoms with Gasteiger partial charge in [0, 0.05) is 10.9 Å². The van der Waals surface area contributed by atoms with E-state index < -0.39 is 0 Å². The van der Waals surface area contributed by atoms with Crippen molar-refractivity contribution in [2.24, 2.45) is 0 Å². The molecule has 1 radical (unpaired) electrons. The van der Waals surface area contributed by atoms with Crippen molar-refractivity contribution in [1.82, 2.24) is 5.32 Å². The first-order valence-corrected chi connectivity index (χ1v) is 4.23. The van der Waals surface area contributed by atoms with E-state index in [0.717, 1.165) is 10.7 Å². The molecule has 0 amide bonds. The predicted octanol–water partition coefficient (Wildman–Crippen LogP) is 2.81. The van der Waals surface area contributed by atoms with Crippen LogP contribution in [0.25, 0.3) is 0 Å². The van der Waals surface area contributed by atoms with Crippen LogP contribution < -0.4 is 5.32 Å². The van der Waals surface area contributed by atoms with E-state index in [1.807, 2.05) is 24.3 Å². The molecule has 0 aliphatic heterocycles. The topological polar surface area (TPSA) is 14.1 Å². The molecule has 0 saturated carbocycles. The van der Waals surface area contributed by atoms with Crippen molar-refractivity contribution in [3.63, 3.8) is 0 Å². The van der Waals surface area contributed by atoms with Gasteiger partial charge in [-0.3, -0.25) is 5.32 Å². The molecular formula is C8H8Cl2N. The summed E-state index contributed by atoms with van der Waals surface area (Å²) >= 11 is 11.1. The molecule has 0 N–H and O–H groups in total. The Morgan fingerprint density at radius 2 is 1.82 bits per heavy atom. The SMILES string of the molecule is ClCC[N]c1ccc(Cl)cc1. The second-order valence-electron chi connectivity index (χ2n) is 2.05. The lowest BCUT2D eigenvalue weighted by Gasteiger charge is -1.98. The Hall–Kier alpha value is -0.400. The highest BCUT2D eigenvalue weighted by atomic mass is 35.5. The van der Waals surface area contributed by atoms with E-state index in [-0.39, 0.29) is 0 Å². The highest BCUT2D eigenvalue weighted by Crippen LogP contribution is 2.12. The quantitative estimate of drug-likeness (QED) is 0.649. The molecule has 3 heteroatoms. The Labute approximate surface area is 76.3 Å². The summed E-state index contributed by atoms with van der Waals surface area (Å²) in [4.78, 5) is 0. The van der Waals surface area contributed by atoms with Gasteiger partial charge in [-0.1, -0.05) is 11.6 Å². The van der Waals surface area contributed by atoms with Gasteiger partial charge in [-0.15, -0.1) is 11.6 Å². The molecular weight excluding hydrogens is 181 g/mol. The van der Waals surface area contributed by atoms with E-state index in [9.17, 15) is 0 Å². The first kappa shape index (κ1) is 8.69. The number of rotatable bonds is 3. The molecule has 0 saturated heterocycles. The lowest BCUT2D eigenvalue weighted by atomic mass is 10.3.